The third-order valence-corrected chi connectivity index (χ3v) is 5.54. The van der Waals surface area contributed by atoms with Gasteiger partial charge in [0.25, 0.3) is 0 Å². The first-order chi connectivity index (χ1) is 10.9. The second-order valence-electron chi connectivity index (χ2n) is 5.54. The first kappa shape index (κ1) is 16.4. The van der Waals surface area contributed by atoms with E-state index in [0.29, 0.717) is 12.3 Å². The van der Waals surface area contributed by atoms with E-state index in [1.54, 1.807) is 4.90 Å². The van der Waals surface area contributed by atoms with Crippen LogP contribution in [-0.4, -0.2) is 51.8 Å². The summed E-state index contributed by atoms with van der Waals surface area (Å²) in [5, 5.41) is 0.211. The third-order valence-electron chi connectivity index (χ3n) is 3.82. The fourth-order valence-electron chi connectivity index (χ4n) is 2.43. The van der Waals surface area contributed by atoms with Gasteiger partial charge in [0.1, 0.15) is 11.9 Å². The van der Waals surface area contributed by atoms with Crippen molar-refractivity contribution in [3.05, 3.63) is 23.2 Å². The van der Waals surface area contributed by atoms with Crippen LogP contribution in [0.4, 0.5) is 4.79 Å². The van der Waals surface area contributed by atoms with Gasteiger partial charge in [-0.25, -0.2) is 17.9 Å². The quantitative estimate of drug-likeness (QED) is 0.833. The van der Waals surface area contributed by atoms with Gasteiger partial charge < -0.3 is 14.4 Å². The minimum atomic E-state index is -3.73. The van der Waals surface area contributed by atoms with E-state index in [-0.39, 0.29) is 28.6 Å². The van der Waals surface area contributed by atoms with Crippen molar-refractivity contribution in [3.8, 4) is 5.75 Å². The van der Waals surface area contributed by atoms with Gasteiger partial charge in [0, 0.05) is 12.6 Å². The van der Waals surface area contributed by atoms with Crippen LogP contribution in [0.3, 0.4) is 0 Å². The van der Waals surface area contributed by atoms with E-state index in [1.165, 1.54) is 25.3 Å². The molecule has 1 heterocycles. The first-order valence-corrected chi connectivity index (χ1v) is 9.07. The van der Waals surface area contributed by atoms with Gasteiger partial charge in [-0.15, -0.1) is 0 Å². The predicted octanol–water partition coefficient (Wildman–Crippen LogP) is 1.61. The zero-order chi connectivity index (χ0) is 16.6. The van der Waals surface area contributed by atoms with E-state index in [2.05, 4.69) is 4.72 Å². The highest BCUT2D eigenvalue weighted by atomic mass is 35.5. The minimum absolute atomic E-state index is 0.0287. The second-order valence-corrected chi connectivity index (χ2v) is 7.71. The highest BCUT2D eigenvalue weighted by Crippen LogP contribution is 2.30. The molecule has 0 bridgehead atoms. The van der Waals surface area contributed by atoms with Gasteiger partial charge in [-0.05, 0) is 31.0 Å². The number of ether oxygens (including phenoxy) is 2. The van der Waals surface area contributed by atoms with Gasteiger partial charge >= 0.3 is 6.09 Å². The maximum absolute atomic E-state index is 12.3. The molecule has 2 aliphatic rings. The van der Waals surface area contributed by atoms with E-state index in [4.69, 9.17) is 21.1 Å². The number of nitrogens with one attached hydrogen (secondary N) is 1. The molecular formula is C14H17ClN2O5S. The Morgan fingerprint density at radius 2 is 2.17 bits per heavy atom. The molecule has 1 saturated carbocycles. The number of nitrogens with zero attached hydrogens (tertiary/aromatic N) is 1. The van der Waals surface area contributed by atoms with Crippen molar-refractivity contribution >= 4 is 27.7 Å². The lowest BCUT2D eigenvalue weighted by atomic mass is 10.3. The van der Waals surface area contributed by atoms with Crippen LogP contribution in [0, 0.1) is 0 Å². The fraction of sp³-hybridized carbons (Fsp3) is 0.500. The molecule has 7 nitrogen and oxygen atoms in total. The topological polar surface area (TPSA) is 84.9 Å². The van der Waals surface area contributed by atoms with Crippen molar-refractivity contribution in [1.82, 2.24) is 9.62 Å². The smallest absolute Gasteiger partial charge is 0.410 e. The molecule has 1 amide bonds. The highest BCUT2D eigenvalue weighted by Gasteiger charge is 2.41. The zero-order valence-corrected chi connectivity index (χ0v) is 14.1. The lowest BCUT2D eigenvalue weighted by Gasteiger charge is -2.12. The number of rotatable bonds is 6. The summed E-state index contributed by atoms with van der Waals surface area (Å²) >= 11 is 5.95. The Labute approximate surface area is 139 Å². The summed E-state index contributed by atoms with van der Waals surface area (Å²) in [6.07, 6.45) is 1.12. The SMILES string of the molecule is COc1ccc(S(=O)(=O)NCC2CN(C3CC3)C(=O)O2)cc1Cl. The molecule has 126 valence electrons. The van der Waals surface area contributed by atoms with E-state index in [1.807, 2.05) is 0 Å². The largest absolute Gasteiger partial charge is 0.495 e. The van der Waals surface area contributed by atoms with Crippen LogP contribution in [0.5, 0.6) is 5.75 Å². The molecule has 1 N–H and O–H groups in total. The number of hydrogen-bond acceptors (Lipinski definition) is 5. The van der Waals surface area contributed by atoms with Crippen LogP contribution < -0.4 is 9.46 Å². The molecule has 2 fully saturated rings. The maximum atomic E-state index is 12.3. The number of carbonyl (C=O) groups is 1. The summed E-state index contributed by atoms with van der Waals surface area (Å²) in [4.78, 5) is 13.4. The van der Waals surface area contributed by atoms with Crippen molar-refractivity contribution in [1.29, 1.82) is 0 Å². The van der Waals surface area contributed by atoms with E-state index in [9.17, 15) is 13.2 Å². The molecule has 1 aromatic carbocycles. The molecule has 1 unspecified atom stereocenters. The zero-order valence-electron chi connectivity index (χ0n) is 12.5. The predicted molar refractivity (Wildman–Crippen MR) is 83.2 cm³/mol. The molecule has 9 heteroatoms. The second kappa shape index (κ2) is 6.18. The number of benzene rings is 1. The van der Waals surface area contributed by atoms with Crippen LogP contribution in [0.25, 0.3) is 0 Å². The van der Waals surface area contributed by atoms with Crippen molar-refractivity contribution in [2.75, 3.05) is 20.2 Å². The van der Waals surface area contributed by atoms with Crippen molar-refractivity contribution < 1.29 is 22.7 Å². The Kier molecular flexibility index (Phi) is 4.39. The molecule has 0 radical (unpaired) electrons. The van der Waals surface area contributed by atoms with Crippen molar-refractivity contribution in [3.63, 3.8) is 0 Å². The fourth-order valence-corrected chi connectivity index (χ4v) is 3.85. The molecule has 1 atom stereocenters. The van der Waals surface area contributed by atoms with E-state index in [0.717, 1.165) is 12.8 Å². The van der Waals surface area contributed by atoms with Gasteiger partial charge in [-0.2, -0.15) is 0 Å². The van der Waals surface area contributed by atoms with E-state index < -0.39 is 16.1 Å². The number of carbonyl (C=O) groups excluding carboxylic acids is 1. The Balaban J connectivity index is 1.63. The molecular weight excluding hydrogens is 344 g/mol. The van der Waals surface area contributed by atoms with Crippen molar-refractivity contribution in [2.24, 2.45) is 0 Å². The number of hydrogen-bond donors (Lipinski definition) is 1. The average Bonchev–Trinajstić information content (AvgIpc) is 3.28. The number of cyclic esters (lactones) is 1. The Morgan fingerprint density at radius 3 is 2.78 bits per heavy atom. The molecule has 23 heavy (non-hydrogen) atoms. The highest BCUT2D eigenvalue weighted by molar-refractivity contribution is 7.89. The lowest BCUT2D eigenvalue weighted by molar-refractivity contribution is 0.133. The molecule has 0 aromatic heterocycles. The summed E-state index contributed by atoms with van der Waals surface area (Å²) < 4.78 is 37.2. The Bertz CT molecular complexity index is 720. The number of halogens is 1. The summed E-state index contributed by atoms with van der Waals surface area (Å²) in [6.45, 7) is 0.441. The summed E-state index contributed by atoms with van der Waals surface area (Å²) in [5.41, 5.74) is 0. The van der Waals surface area contributed by atoms with Gasteiger partial charge in [0.05, 0.1) is 23.6 Å². The van der Waals surface area contributed by atoms with Crippen LogP contribution >= 0.6 is 11.6 Å². The summed E-state index contributed by atoms with van der Waals surface area (Å²) in [6, 6.07) is 4.47. The van der Waals surface area contributed by atoms with Gasteiger partial charge in [-0.1, -0.05) is 11.6 Å². The van der Waals surface area contributed by atoms with Crippen LogP contribution in [-0.2, 0) is 14.8 Å². The van der Waals surface area contributed by atoms with E-state index >= 15 is 0 Å². The van der Waals surface area contributed by atoms with Crippen LogP contribution in [0.2, 0.25) is 5.02 Å². The minimum Gasteiger partial charge on any atom is -0.495 e. The summed E-state index contributed by atoms with van der Waals surface area (Å²) in [7, 11) is -2.28. The number of methoxy groups -OCH3 is 1. The van der Waals surface area contributed by atoms with Crippen LogP contribution in [0.1, 0.15) is 12.8 Å². The monoisotopic (exact) mass is 360 g/mol. The molecule has 3 rings (SSSR count). The third kappa shape index (κ3) is 3.54. The average molecular weight is 361 g/mol. The summed E-state index contributed by atoms with van der Waals surface area (Å²) in [5.74, 6) is 0.399. The number of sulfonamides is 1. The first-order valence-electron chi connectivity index (χ1n) is 7.21. The molecule has 0 spiro atoms. The number of amides is 1. The van der Waals surface area contributed by atoms with Crippen molar-refractivity contribution in [2.45, 2.75) is 29.9 Å². The maximum Gasteiger partial charge on any atom is 0.410 e. The molecule has 1 aromatic rings. The van der Waals surface area contributed by atoms with Gasteiger partial charge in [0.15, 0.2) is 0 Å². The van der Waals surface area contributed by atoms with Crippen LogP contribution in [0.15, 0.2) is 23.1 Å². The molecule has 1 aliphatic carbocycles. The van der Waals surface area contributed by atoms with Gasteiger partial charge in [-0.3, -0.25) is 0 Å². The molecule has 1 saturated heterocycles. The van der Waals surface area contributed by atoms with Gasteiger partial charge in [0.2, 0.25) is 10.0 Å². The normalized spacial score (nSPS) is 21.4. The standard InChI is InChI=1S/C14H17ClN2O5S/c1-21-13-5-4-11(6-12(13)15)23(19,20)16-7-10-8-17(9-2-3-9)14(18)22-10/h4-6,9-10,16H,2-3,7-8H2,1H3. The Hall–Kier alpha value is -1.51. The Morgan fingerprint density at radius 1 is 1.43 bits per heavy atom. The lowest BCUT2D eigenvalue weighted by Crippen LogP contribution is -2.35. The molecule has 1 aliphatic heterocycles.